The highest BCUT2D eigenvalue weighted by Gasteiger charge is 2.25. The van der Waals surface area contributed by atoms with Crippen LogP contribution in [0.2, 0.25) is 0 Å². The Labute approximate surface area is 199 Å². The molecule has 0 radical (unpaired) electrons. The van der Waals surface area contributed by atoms with Gasteiger partial charge >= 0.3 is 0 Å². The first kappa shape index (κ1) is 25.6. The molecule has 2 atom stereocenters. The molecule has 2 aromatic rings. The Morgan fingerprint density at radius 1 is 1.27 bits per heavy atom. The Balaban J connectivity index is 1.76. The zero-order chi connectivity index (χ0) is 24.2. The maximum atomic E-state index is 13.0. The molecule has 1 saturated heterocycles. The van der Waals surface area contributed by atoms with E-state index in [1.54, 1.807) is 13.8 Å². The second-order valence-corrected chi connectivity index (χ2v) is 10.8. The van der Waals surface area contributed by atoms with Gasteiger partial charge in [0.25, 0.3) is 5.91 Å². The molecule has 2 unspecified atom stereocenters. The summed E-state index contributed by atoms with van der Waals surface area (Å²) < 4.78 is 38.2. The number of thiazole rings is 1. The number of benzene rings is 1. The van der Waals surface area contributed by atoms with Crippen molar-refractivity contribution in [2.75, 3.05) is 38.6 Å². The number of ether oxygens (including phenoxy) is 2. The molecule has 11 heteroatoms. The van der Waals surface area contributed by atoms with Crippen molar-refractivity contribution in [1.82, 2.24) is 14.2 Å². The Kier molecular flexibility index (Phi) is 8.46. The number of sulfonamides is 1. The van der Waals surface area contributed by atoms with Crippen LogP contribution in [0.4, 0.5) is 5.13 Å². The van der Waals surface area contributed by atoms with E-state index in [0.717, 1.165) is 18.8 Å². The van der Waals surface area contributed by atoms with Crippen LogP contribution < -0.4 is 10.1 Å². The van der Waals surface area contributed by atoms with E-state index in [9.17, 15) is 13.2 Å². The zero-order valence-electron chi connectivity index (χ0n) is 19.7. The van der Waals surface area contributed by atoms with Gasteiger partial charge in [-0.05, 0) is 32.0 Å². The van der Waals surface area contributed by atoms with Gasteiger partial charge in [-0.1, -0.05) is 13.8 Å². The molecule has 1 fully saturated rings. The Morgan fingerprint density at radius 2 is 1.94 bits per heavy atom. The van der Waals surface area contributed by atoms with Gasteiger partial charge < -0.3 is 9.47 Å². The van der Waals surface area contributed by atoms with Gasteiger partial charge in [-0.15, -0.1) is 11.3 Å². The summed E-state index contributed by atoms with van der Waals surface area (Å²) in [5.74, 6) is -0.183. The van der Waals surface area contributed by atoms with Crippen molar-refractivity contribution in [2.45, 2.75) is 51.3 Å². The fourth-order valence-corrected chi connectivity index (χ4v) is 6.16. The normalized spacial score (nSPS) is 19.6. The maximum Gasteiger partial charge on any atom is 0.261 e. The molecule has 2 heterocycles. The Morgan fingerprint density at radius 3 is 2.55 bits per heavy atom. The number of anilines is 1. The third-order valence-corrected chi connectivity index (χ3v) is 8.26. The first-order chi connectivity index (χ1) is 15.7. The number of aromatic nitrogens is 1. The summed E-state index contributed by atoms with van der Waals surface area (Å²) in [7, 11) is -2.27. The van der Waals surface area contributed by atoms with Gasteiger partial charge in [-0.25, -0.2) is 13.4 Å². The maximum absolute atomic E-state index is 13.0. The molecule has 0 spiro atoms. The number of hydrogen-bond acceptors (Lipinski definition) is 8. The number of nitrogens with one attached hydrogen (secondary N) is 1. The SMILES string of the molecule is CCN(CC)S(=O)(=O)c1ccc(OC)c(C(=O)Nc2nc(CN3CC(C)OC(C)C3)cs2)c1. The summed E-state index contributed by atoms with van der Waals surface area (Å²) >= 11 is 1.33. The van der Waals surface area contributed by atoms with E-state index in [1.165, 1.54) is 41.0 Å². The van der Waals surface area contributed by atoms with E-state index < -0.39 is 15.9 Å². The third kappa shape index (κ3) is 6.10. The largest absolute Gasteiger partial charge is 0.496 e. The predicted molar refractivity (Wildman–Crippen MR) is 128 cm³/mol. The van der Waals surface area contributed by atoms with E-state index >= 15 is 0 Å². The summed E-state index contributed by atoms with van der Waals surface area (Å²) in [6.07, 6.45) is 0.331. The fraction of sp³-hybridized carbons (Fsp3) is 0.545. The van der Waals surface area contributed by atoms with E-state index in [0.29, 0.717) is 30.5 Å². The molecule has 33 heavy (non-hydrogen) atoms. The topological polar surface area (TPSA) is 101 Å². The molecule has 182 valence electrons. The average molecular weight is 497 g/mol. The van der Waals surface area contributed by atoms with Gasteiger partial charge in [0.05, 0.1) is 35.5 Å². The highest BCUT2D eigenvalue weighted by atomic mass is 32.2. The molecular weight excluding hydrogens is 464 g/mol. The standard InChI is InChI=1S/C22H32N4O5S2/c1-6-26(7-2)33(28,29)18-8-9-20(30-5)19(10-18)21(27)24-22-23-17(14-32-22)13-25-11-15(3)31-16(4)12-25/h8-10,14-16H,6-7,11-13H2,1-5H3,(H,23,24,27). The monoisotopic (exact) mass is 496 g/mol. The van der Waals surface area contributed by atoms with Crippen molar-refractivity contribution in [3.05, 3.63) is 34.8 Å². The van der Waals surface area contributed by atoms with Crippen LogP contribution in [0.15, 0.2) is 28.5 Å². The minimum absolute atomic E-state index is 0.0486. The number of morpholine rings is 1. The number of nitrogens with zero attached hydrogens (tertiary/aromatic N) is 3. The van der Waals surface area contributed by atoms with Crippen LogP contribution >= 0.6 is 11.3 Å². The van der Waals surface area contributed by atoms with Crippen molar-refractivity contribution in [2.24, 2.45) is 0 Å². The van der Waals surface area contributed by atoms with Gasteiger partial charge in [0.15, 0.2) is 5.13 Å². The van der Waals surface area contributed by atoms with Crippen LogP contribution in [-0.2, 0) is 21.3 Å². The number of carbonyl (C=O) groups excluding carboxylic acids is 1. The second kappa shape index (κ2) is 10.9. The number of carbonyl (C=O) groups is 1. The number of methoxy groups -OCH3 is 1. The highest BCUT2D eigenvalue weighted by Crippen LogP contribution is 2.26. The van der Waals surface area contributed by atoms with Crippen LogP contribution in [-0.4, -0.2) is 74.0 Å². The van der Waals surface area contributed by atoms with E-state index in [2.05, 4.69) is 29.0 Å². The lowest BCUT2D eigenvalue weighted by molar-refractivity contribution is -0.0707. The quantitative estimate of drug-likeness (QED) is 0.569. The van der Waals surface area contributed by atoms with Gasteiger partial charge in [0.1, 0.15) is 5.75 Å². The third-order valence-electron chi connectivity index (χ3n) is 5.41. The van der Waals surface area contributed by atoms with Crippen LogP contribution in [0.5, 0.6) is 5.75 Å². The molecule has 1 aromatic carbocycles. The van der Waals surface area contributed by atoms with E-state index in [1.807, 2.05) is 5.38 Å². The fourth-order valence-electron chi connectivity index (χ4n) is 3.98. The van der Waals surface area contributed by atoms with Crippen LogP contribution in [0, 0.1) is 0 Å². The number of amides is 1. The van der Waals surface area contributed by atoms with Crippen LogP contribution in [0.25, 0.3) is 0 Å². The van der Waals surface area contributed by atoms with Crippen molar-refractivity contribution < 1.29 is 22.7 Å². The van der Waals surface area contributed by atoms with Crippen LogP contribution in [0.1, 0.15) is 43.7 Å². The summed E-state index contributed by atoms with van der Waals surface area (Å²) in [5.41, 5.74) is 1.000. The molecule has 1 aliphatic rings. The summed E-state index contributed by atoms with van der Waals surface area (Å²) in [6, 6.07) is 4.31. The summed E-state index contributed by atoms with van der Waals surface area (Å²) in [5, 5.41) is 5.14. The molecule has 1 amide bonds. The summed E-state index contributed by atoms with van der Waals surface area (Å²) in [6.45, 7) is 10.7. The first-order valence-corrected chi connectivity index (χ1v) is 13.3. The smallest absolute Gasteiger partial charge is 0.261 e. The molecule has 0 bridgehead atoms. The van der Waals surface area contributed by atoms with Crippen molar-refractivity contribution >= 4 is 32.4 Å². The lowest BCUT2D eigenvalue weighted by Crippen LogP contribution is -2.44. The minimum Gasteiger partial charge on any atom is -0.496 e. The Bertz CT molecular complexity index is 1060. The lowest BCUT2D eigenvalue weighted by Gasteiger charge is -2.34. The molecule has 1 aliphatic heterocycles. The van der Waals surface area contributed by atoms with E-state index in [-0.39, 0.29) is 22.7 Å². The van der Waals surface area contributed by atoms with Gasteiger partial charge in [0, 0.05) is 38.1 Å². The van der Waals surface area contributed by atoms with E-state index in [4.69, 9.17) is 9.47 Å². The molecule has 1 aromatic heterocycles. The predicted octanol–water partition coefficient (Wildman–Crippen LogP) is 3.04. The Hall–Kier alpha value is -2.05. The molecule has 0 aliphatic carbocycles. The van der Waals surface area contributed by atoms with Crippen LogP contribution in [0.3, 0.4) is 0 Å². The molecule has 3 rings (SSSR count). The highest BCUT2D eigenvalue weighted by molar-refractivity contribution is 7.89. The summed E-state index contributed by atoms with van der Waals surface area (Å²) in [4.78, 5) is 19.9. The minimum atomic E-state index is -3.71. The molecule has 1 N–H and O–H groups in total. The van der Waals surface area contributed by atoms with Crippen molar-refractivity contribution in [3.63, 3.8) is 0 Å². The first-order valence-electron chi connectivity index (χ1n) is 11.0. The second-order valence-electron chi connectivity index (χ2n) is 8.00. The molecule has 9 nitrogen and oxygen atoms in total. The van der Waals surface area contributed by atoms with Crippen molar-refractivity contribution in [1.29, 1.82) is 0 Å². The molecule has 0 saturated carbocycles. The van der Waals surface area contributed by atoms with Gasteiger partial charge in [0.2, 0.25) is 10.0 Å². The average Bonchev–Trinajstić information content (AvgIpc) is 3.19. The number of rotatable bonds is 9. The number of hydrogen-bond donors (Lipinski definition) is 1. The zero-order valence-corrected chi connectivity index (χ0v) is 21.3. The van der Waals surface area contributed by atoms with Gasteiger partial charge in [-0.2, -0.15) is 4.31 Å². The molecular formula is C22H32N4O5S2. The van der Waals surface area contributed by atoms with Gasteiger partial charge in [-0.3, -0.25) is 15.0 Å². The van der Waals surface area contributed by atoms with Crippen molar-refractivity contribution in [3.8, 4) is 5.75 Å². The lowest BCUT2D eigenvalue weighted by atomic mass is 10.2.